The lowest BCUT2D eigenvalue weighted by atomic mass is 9.89. The van der Waals surface area contributed by atoms with E-state index in [-0.39, 0.29) is 41.3 Å². The van der Waals surface area contributed by atoms with Crippen LogP contribution in [0.3, 0.4) is 0 Å². The molecule has 1 spiro atoms. The van der Waals surface area contributed by atoms with Crippen molar-refractivity contribution in [2.45, 2.75) is 95.0 Å². The largest absolute Gasteiger partial charge is 0.506 e. The van der Waals surface area contributed by atoms with Gasteiger partial charge in [0.1, 0.15) is 11.4 Å². The zero-order chi connectivity index (χ0) is 41.5. The van der Waals surface area contributed by atoms with Crippen molar-refractivity contribution in [3.63, 3.8) is 0 Å². The van der Waals surface area contributed by atoms with E-state index in [0.29, 0.717) is 80.5 Å². The van der Waals surface area contributed by atoms with Crippen LogP contribution in [0.2, 0.25) is 0 Å². The average Bonchev–Trinajstić information content (AvgIpc) is 3.66. The Morgan fingerprint density at radius 2 is 1.83 bits per heavy atom. The van der Waals surface area contributed by atoms with Gasteiger partial charge in [0, 0.05) is 76.0 Å². The Hall–Kier alpha value is -4.60. The predicted molar refractivity (Wildman–Crippen MR) is 228 cm³/mol. The van der Waals surface area contributed by atoms with Gasteiger partial charge in [0.05, 0.1) is 50.0 Å². The third kappa shape index (κ3) is 10.6. The number of aliphatic hydroxyl groups is 1. The number of phenolic OH excluding ortho intramolecular Hbond substituents is 1. The van der Waals surface area contributed by atoms with Gasteiger partial charge in [0.25, 0.3) is 5.91 Å². The summed E-state index contributed by atoms with van der Waals surface area (Å²) in [6, 6.07) is 16.9. The number of nitrogens with zero attached hydrogens (tertiary/aromatic N) is 5. The number of hydrogen-bond donors (Lipinski definition) is 4. The molecule has 14 heteroatoms. The number of hydrogen-bond acceptors (Lipinski definition) is 10. The van der Waals surface area contributed by atoms with Crippen molar-refractivity contribution in [2.75, 3.05) is 65.6 Å². The Bertz CT molecular complexity index is 2140. The Labute approximate surface area is 351 Å². The van der Waals surface area contributed by atoms with E-state index in [0.717, 1.165) is 71.1 Å². The number of morpholine rings is 1. The van der Waals surface area contributed by atoms with E-state index in [2.05, 4.69) is 44.6 Å². The fraction of sp³-hybridized carbons (Fsp3) is 0.565. The molecule has 0 bridgehead atoms. The zero-order valence-corrected chi connectivity index (χ0v) is 34.7. The lowest BCUT2D eigenvalue weighted by Gasteiger charge is -2.47. The summed E-state index contributed by atoms with van der Waals surface area (Å²) < 4.78 is 14.3. The number of phenols is 1. The number of carbonyl (C=O) groups excluding carboxylic acids is 2. The van der Waals surface area contributed by atoms with E-state index < -0.39 is 6.10 Å². The summed E-state index contributed by atoms with van der Waals surface area (Å²) >= 11 is 0. The number of carbonyl (C=O) groups is 2. The van der Waals surface area contributed by atoms with Gasteiger partial charge in [-0.05, 0) is 85.8 Å². The number of H-pyrrole nitrogens is 1. The molecule has 8 rings (SSSR count). The molecule has 2 amide bonds. The van der Waals surface area contributed by atoms with Crippen molar-refractivity contribution in [3.8, 4) is 5.75 Å². The van der Waals surface area contributed by atoms with Crippen molar-refractivity contribution in [3.05, 3.63) is 93.5 Å². The molecule has 4 heterocycles. The van der Waals surface area contributed by atoms with Gasteiger partial charge in [-0.3, -0.25) is 24.0 Å². The lowest BCUT2D eigenvalue weighted by Crippen LogP contribution is -2.58. The quantitative estimate of drug-likeness (QED) is 0.106. The van der Waals surface area contributed by atoms with Crippen LogP contribution in [0.15, 0.2) is 65.6 Å². The maximum absolute atomic E-state index is 13.5. The van der Waals surface area contributed by atoms with E-state index in [1.54, 1.807) is 12.1 Å². The molecule has 4 aromatic rings. The topological polar surface area (TPSA) is 165 Å². The maximum Gasteiger partial charge on any atom is 0.274 e. The normalized spacial score (nSPS) is 19.0. The smallest absolute Gasteiger partial charge is 0.274 e. The molecule has 2 aromatic carbocycles. The van der Waals surface area contributed by atoms with E-state index in [1.807, 2.05) is 26.7 Å². The van der Waals surface area contributed by atoms with E-state index in [9.17, 15) is 24.6 Å². The highest BCUT2D eigenvalue weighted by Gasteiger charge is 2.41. The minimum Gasteiger partial charge on any atom is -0.506 e. The summed E-state index contributed by atoms with van der Waals surface area (Å²) in [5, 5.41) is 29.6. The third-order valence-electron chi connectivity index (χ3n) is 12.9. The van der Waals surface area contributed by atoms with E-state index in [4.69, 9.17) is 9.47 Å². The maximum atomic E-state index is 13.5. The third-order valence-corrected chi connectivity index (χ3v) is 12.9. The van der Waals surface area contributed by atoms with Crippen LogP contribution in [0, 0.1) is 5.92 Å². The molecular formula is C46H61N7O7. The first-order valence-corrected chi connectivity index (χ1v) is 22.1. The average molecular weight is 824 g/mol. The van der Waals surface area contributed by atoms with Gasteiger partial charge in [0.15, 0.2) is 0 Å². The van der Waals surface area contributed by atoms with Crippen LogP contribution in [0.4, 0.5) is 0 Å². The van der Waals surface area contributed by atoms with Crippen LogP contribution in [-0.4, -0.2) is 129 Å². The monoisotopic (exact) mass is 823 g/mol. The number of nitrogens with one attached hydrogen (secondary N) is 2. The van der Waals surface area contributed by atoms with Crippen molar-refractivity contribution in [2.24, 2.45) is 5.92 Å². The first-order chi connectivity index (χ1) is 29.2. The van der Waals surface area contributed by atoms with Crippen LogP contribution in [0.1, 0.15) is 91.1 Å². The van der Waals surface area contributed by atoms with Crippen molar-refractivity contribution < 1.29 is 29.3 Å². The minimum absolute atomic E-state index is 0.00935. The molecule has 14 nitrogen and oxygen atoms in total. The molecule has 4 aliphatic rings. The number of ether oxygens (including phenoxy) is 2. The molecule has 322 valence electrons. The summed E-state index contributed by atoms with van der Waals surface area (Å²) in [5.74, 6) is 0.771. The number of rotatable bonds is 18. The molecular weight excluding hydrogens is 763 g/mol. The Morgan fingerprint density at radius 3 is 2.65 bits per heavy atom. The number of fused-ring (bicyclic) bond motifs is 1. The van der Waals surface area contributed by atoms with E-state index >= 15 is 0 Å². The fourth-order valence-corrected chi connectivity index (χ4v) is 9.31. The second kappa shape index (κ2) is 19.4. The first kappa shape index (κ1) is 42.1. The van der Waals surface area contributed by atoms with Gasteiger partial charge >= 0.3 is 0 Å². The number of aromatic amines is 1. The molecule has 1 atom stereocenters. The summed E-state index contributed by atoms with van der Waals surface area (Å²) in [6.07, 6.45) is 10.7. The molecule has 2 saturated carbocycles. The molecule has 2 aromatic heterocycles. The van der Waals surface area contributed by atoms with Crippen LogP contribution in [0.25, 0.3) is 10.9 Å². The minimum atomic E-state index is -0.859. The molecule has 4 fully saturated rings. The van der Waals surface area contributed by atoms with Crippen LogP contribution in [0.5, 0.6) is 5.75 Å². The van der Waals surface area contributed by atoms with Gasteiger partial charge in [-0.2, -0.15) is 5.10 Å². The molecule has 2 aliphatic carbocycles. The number of aliphatic hydroxyl groups excluding tert-OH is 1. The second-order valence-electron chi connectivity index (χ2n) is 17.4. The highest BCUT2D eigenvalue weighted by Crippen LogP contribution is 2.33. The number of piperidine rings is 1. The zero-order valence-electron chi connectivity index (χ0n) is 34.7. The number of likely N-dealkylation sites (tertiary alicyclic amines) is 1. The lowest BCUT2D eigenvalue weighted by molar-refractivity contribution is -0.134. The summed E-state index contributed by atoms with van der Waals surface area (Å²) in [4.78, 5) is 47.7. The molecule has 0 radical (unpaired) electrons. The Balaban J connectivity index is 0.741. The van der Waals surface area contributed by atoms with Crippen LogP contribution < -0.4 is 10.9 Å². The molecule has 60 heavy (non-hydrogen) atoms. The highest BCUT2D eigenvalue weighted by molar-refractivity contribution is 5.92. The molecule has 2 saturated heterocycles. The van der Waals surface area contributed by atoms with E-state index in [1.165, 1.54) is 36.1 Å². The van der Waals surface area contributed by atoms with Crippen molar-refractivity contribution >= 4 is 22.7 Å². The van der Waals surface area contributed by atoms with Gasteiger partial charge < -0.3 is 39.8 Å². The predicted octanol–water partition coefficient (Wildman–Crippen LogP) is 4.39. The van der Waals surface area contributed by atoms with Gasteiger partial charge in [-0.25, -0.2) is 0 Å². The van der Waals surface area contributed by atoms with Crippen molar-refractivity contribution in [1.82, 2.24) is 34.8 Å². The first-order valence-electron chi connectivity index (χ1n) is 22.1. The summed E-state index contributed by atoms with van der Waals surface area (Å²) in [6.45, 7) is 7.62. The molecule has 2 aliphatic heterocycles. The van der Waals surface area contributed by atoms with Gasteiger partial charge in [0.2, 0.25) is 11.5 Å². The SMILES string of the molecule is O=C(c1ccn(CC2CC2)n1)N1CCOC2(CCN(Cc3cccc(CCOCCC(=O)N(CCNCC(O)c4ccc(O)c5[nH]c(=O)ccc45)C4CCCC4)c3)CC2)C1. The Morgan fingerprint density at radius 1 is 1.02 bits per heavy atom. The Kier molecular flexibility index (Phi) is 13.6. The van der Waals surface area contributed by atoms with Crippen LogP contribution >= 0.6 is 0 Å². The van der Waals surface area contributed by atoms with Gasteiger partial charge in [-0.15, -0.1) is 0 Å². The standard InChI is InChI=1S/C46H61N7O7/c54-40-12-10-37(38-11-13-42(56)48-44(38)40)41(55)29-47-19-23-53(36-6-1-2-7-36)43(57)16-26-59-25-15-33-4-3-5-35(28-33)30-50-21-17-46(18-22-50)32-51(24-27-60-46)45(58)39-14-20-52(49-39)31-34-8-9-34/h3-5,10-14,20,28,34,36,41,47,54-55H,1-2,6-9,15-19,21-27,29-32H2,(H,48,56). The number of aromatic hydroxyl groups is 1. The van der Waals surface area contributed by atoms with Crippen molar-refractivity contribution in [1.29, 1.82) is 0 Å². The second-order valence-corrected chi connectivity index (χ2v) is 17.4. The molecule has 4 N–H and O–H groups in total. The van der Waals surface area contributed by atoms with Gasteiger partial charge in [-0.1, -0.05) is 43.2 Å². The number of aromatic nitrogens is 3. The highest BCUT2D eigenvalue weighted by atomic mass is 16.5. The number of benzene rings is 2. The number of pyridine rings is 1. The summed E-state index contributed by atoms with van der Waals surface area (Å²) in [7, 11) is 0. The summed E-state index contributed by atoms with van der Waals surface area (Å²) in [5.41, 5.74) is 3.31. The number of amides is 2. The van der Waals surface area contributed by atoms with Crippen LogP contribution in [-0.2, 0) is 33.8 Å². The molecule has 1 unspecified atom stereocenters. The fourth-order valence-electron chi connectivity index (χ4n) is 9.31.